The Kier molecular flexibility index (Phi) is 5.97. The molecule has 1 N–H and O–H groups in total. The Morgan fingerprint density at radius 1 is 1.14 bits per heavy atom. The van der Waals surface area contributed by atoms with E-state index in [2.05, 4.69) is 32.9 Å². The average molecular weight is 391 g/mol. The molecule has 0 amide bonds. The van der Waals surface area contributed by atoms with Crippen LogP contribution in [0.1, 0.15) is 82.5 Å². The topological polar surface area (TPSA) is 46.0 Å². The van der Waals surface area contributed by atoms with Gasteiger partial charge in [-0.1, -0.05) is 52.8 Å². The van der Waals surface area contributed by atoms with E-state index in [1.807, 2.05) is 39.8 Å². The van der Waals surface area contributed by atoms with Crippen LogP contribution in [0.2, 0.25) is 0 Å². The molecule has 1 aliphatic rings. The van der Waals surface area contributed by atoms with Crippen LogP contribution in [0, 0.1) is 6.92 Å². The molecule has 0 saturated heterocycles. The lowest BCUT2D eigenvalue weighted by Gasteiger charge is -2.33. The lowest BCUT2D eigenvalue weighted by atomic mass is 9.71. The van der Waals surface area contributed by atoms with Gasteiger partial charge in [-0.05, 0) is 67.5 Å². The van der Waals surface area contributed by atoms with Gasteiger partial charge in [-0.25, -0.2) is 9.97 Å². The van der Waals surface area contributed by atoms with Crippen LogP contribution >= 0.6 is 0 Å². The first-order chi connectivity index (χ1) is 13.9. The minimum Gasteiger partial charge on any atom is -0.505 e. The molecule has 0 saturated carbocycles. The highest BCUT2D eigenvalue weighted by Crippen LogP contribution is 2.44. The highest BCUT2D eigenvalue weighted by Gasteiger charge is 2.30. The van der Waals surface area contributed by atoms with Gasteiger partial charge in [0.1, 0.15) is 16.8 Å². The average Bonchev–Trinajstić information content (AvgIpc) is 2.72. The van der Waals surface area contributed by atoms with E-state index in [0.717, 1.165) is 40.7 Å². The van der Waals surface area contributed by atoms with E-state index in [-0.39, 0.29) is 11.2 Å². The summed E-state index contributed by atoms with van der Waals surface area (Å²) in [4.78, 5) is 9.86. The van der Waals surface area contributed by atoms with Crippen LogP contribution in [0.5, 0.6) is 5.75 Å². The number of rotatable bonds is 2. The summed E-state index contributed by atoms with van der Waals surface area (Å²) in [6.45, 7) is 14.7. The smallest absolute Gasteiger partial charge is 0.146 e. The fraction of sp³-hybridized carbons (Fsp3) is 0.462. The zero-order valence-electron chi connectivity index (χ0n) is 19.0. The number of phenols is 1. The summed E-state index contributed by atoms with van der Waals surface area (Å²) in [5.74, 6) is 0.266. The van der Waals surface area contributed by atoms with Crippen molar-refractivity contribution in [1.29, 1.82) is 0 Å². The molecule has 0 bridgehead atoms. The van der Waals surface area contributed by atoms with Crippen molar-refractivity contribution >= 4 is 27.9 Å². The molecule has 0 fully saturated rings. The highest BCUT2D eigenvalue weighted by atomic mass is 16.3. The van der Waals surface area contributed by atoms with E-state index in [1.54, 1.807) is 0 Å². The van der Waals surface area contributed by atoms with Crippen LogP contribution in [-0.4, -0.2) is 15.1 Å². The first kappa shape index (κ1) is 21.3. The van der Waals surface area contributed by atoms with E-state index >= 15 is 0 Å². The largest absolute Gasteiger partial charge is 0.505 e. The van der Waals surface area contributed by atoms with Crippen LogP contribution in [0.15, 0.2) is 18.2 Å². The zero-order valence-corrected chi connectivity index (χ0v) is 19.0. The fourth-order valence-electron chi connectivity index (χ4n) is 4.65. The summed E-state index contributed by atoms with van der Waals surface area (Å²) in [7, 11) is 0. The number of allylic oxidation sites excluding steroid dienone is 1. The van der Waals surface area contributed by atoms with Crippen molar-refractivity contribution < 1.29 is 5.11 Å². The Bertz CT molecular complexity index is 1090. The number of aromatic nitrogens is 2. The van der Waals surface area contributed by atoms with Gasteiger partial charge in [-0.15, -0.1) is 0 Å². The maximum Gasteiger partial charge on any atom is 0.146 e. The molecule has 1 aliphatic carbocycles. The number of nitrogens with zero attached hydrogens (tertiary/aromatic N) is 2. The van der Waals surface area contributed by atoms with Gasteiger partial charge in [-0.3, -0.25) is 0 Å². The van der Waals surface area contributed by atoms with Gasteiger partial charge in [0.2, 0.25) is 0 Å². The molecular formula is C26H34N2O. The minimum absolute atomic E-state index is 0.169. The Balaban J connectivity index is 0.00000117. The summed E-state index contributed by atoms with van der Waals surface area (Å²) < 4.78 is 0. The predicted octanol–water partition coefficient (Wildman–Crippen LogP) is 7.03. The summed E-state index contributed by atoms with van der Waals surface area (Å²) >= 11 is 0. The van der Waals surface area contributed by atoms with Crippen LogP contribution in [0.4, 0.5) is 0 Å². The molecule has 3 aromatic rings. The van der Waals surface area contributed by atoms with Gasteiger partial charge in [0, 0.05) is 10.9 Å². The van der Waals surface area contributed by atoms with Crippen molar-refractivity contribution in [3.05, 3.63) is 46.3 Å². The van der Waals surface area contributed by atoms with Gasteiger partial charge in [0.15, 0.2) is 0 Å². The molecular weight excluding hydrogens is 356 g/mol. The Labute approximate surface area is 174 Å². The Morgan fingerprint density at radius 2 is 1.86 bits per heavy atom. The summed E-state index contributed by atoms with van der Waals surface area (Å²) in [5.41, 5.74) is 7.20. The van der Waals surface area contributed by atoms with Gasteiger partial charge in [0.05, 0.1) is 11.4 Å². The second kappa shape index (κ2) is 8.14. The maximum atomic E-state index is 10.9. The Morgan fingerprint density at radius 3 is 2.52 bits per heavy atom. The monoisotopic (exact) mass is 390 g/mol. The molecule has 1 aromatic heterocycles. The zero-order chi connectivity index (χ0) is 21.3. The van der Waals surface area contributed by atoms with E-state index in [4.69, 9.17) is 9.97 Å². The number of benzene rings is 2. The van der Waals surface area contributed by atoms with E-state index in [9.17, 15) is 5.11 Å². The fourth-order valence-corrected chi connectivity index (χ4v) is 4.65. The lowest BCUT2D eigenvalue weighted by molar-refractivity contribution is 0.433. The van der Waals surface area contributed by atoms with E-state index < -0.39 is 0 Å². The number of aryl methyl sites for hydroxylation is 3. The van der Waals surface area contributed by atoms with Gasteiger partial charge in [0.25, 0.3) is 0 Å². The number of hydrogen-bond acceptors (Lipinski definition) is 3. The second-order valence-electron chi connectivity index (χ2n) is 8.33. The summed E-state index contributed by atoms with van der Waals surface area (Å²) in [6.07, 6.45) is 8.26. The van der Waals surface area contributed by atoms with E-state index in [1.165, 1.54) is 29.4 Å². The van der Waals surface area contributed by atoms with Crippen molar-refractivity contribution in [2.45, 2.75) is 79.6 Å². The molecule has 0 atom stereocenters. The van der Waals surface area contributed by atoms with Crippen LogP contribution in [0.25, 0.3) is 27.9 Å². The minimum atomic E-state index is 0.169. The van der Waals surface area contributed by atoms with Crippen molar-refractivity contribution in [3.63, 3.8) is 0 Å². The third kappa shape index (κ3) is 3.41. The third-order valence-electron chi connectivity index (χ3n) is 6.15. The van der Waals surface area contributed by atoms with Crippen molar-refractivity contribution in [2.24, 2.45) is 0 Å². The maximum absolute atomic E-state index is 10.9. The molecule has 0 aliphatic heterocycles. The molecule has 3 heteroatoms. The molecule has 1 heterocycles. The van der Waals surface area contributed by atoms with Gasteiger partial charge in [-0.2, -0.15) is 0 Å². The van der Waals surface area contributed by atoms with Crippen molar-refractivity contribution in [3.8, 4) is 5.75 Å². The normalized spacial score (nSPS) is 15.4. The summed E-state index contributed by atoms with van der Waals surface area (Å²) in [5, 5.41) is 13.2. The van der Waals surface area contributed by atoms with Crippen molar-refractivity contribution in [1.82, 2.24) is 9.97 Å². The standard InChI is InChI=1S/C24H28N2O.C2H6/c1-6-9-19-18(7-2)25-22-21(26-19)20-15(14(3)23(22)27)11-12-17-16(20)10-8-13-24(17,4)5;1-2/h6,9,11-12,27H,7-8,10,13H2,1-5H3;1-2H3/b9-6-;. The highest BCUT2D eigenvalue weighted by molar-refractivity contribution is 6.11. The Hall–Kier alpha value is -2.42. The van der Waals surface area contributed by atoms with Gasteiger partial charge >= 0.3 is 0 Å². The molecule has 3 nitrogen and oxygen atoms in total. The number of aromatic hydroxyl groups is 1. The first-order valence-electron chi connectivity index (χ1n) is 11.0. The lowest BCUT2D eigenvalue weighted by Crippen LogP contribution is -2.24. The second-order valence-corrected chi connectivity index (χ2v) is 8.33. The number of hydrogen-bond donors (Lipinski definition) is 1. The molecule has 0 radical (unpaired) electrons. The third-order valence-corrected chi connectivity index (χ3v) is 6.15. The van der Waals surface area contributed by atoms with Crippen molar-refractivity contribution in [2.75, 3.05) is 0 Å². The number of phenolic OH excluding ortho intramolecular Hbond substituents is 1. The quantitative estimate of drug-likeness (QED) is 0.478. The molecule has 2 aromatic carbocycles. The SMILES string of the molecule is C/C=C\c1nc2c(nc1CC)c(O)c(C)c1ccc3c(c12)CCCC3(C)C.CC. The molecule has 4 rings (SSSR count). The first-order valence-corrected chi connectivity index (χ1v) is 11.0. The van der Waals surface area contributed by atoms with Crippen LogP contribution in [-0.2, 0) is 18.3 Å². The molecule has 154 valence electrons. The van der Waals surface area contributed by atoms with E-state index in [0.29, 0.717) is 5.52 Å². The van der Waals surface area contributed by atoms with Gasteiger partial charge < -0.3 is 5.11 Å². The summed E-state index contributed by atoms with van der Waals surface area (Å²) in [6, 6.07) is 4.43. The van der Waals surface area contributed by atoms with Crippen LogP contribution in [0.3, 0.4) is 0 Å². The molecule has 29 heavy (non-hydrogen) atoms. The molecule has 0 spiro atoms. The molecule has 0 unspecified atom stereocenters. The van der Waals surface area contributed by atoms with Crippen LogP contribution < -0.4 is 0 Å². The predicted molar refractivity (Wildman–Crippen MR) is 125 cm³/mol. The number of fused-ring (bicyclic) bond motifs is 5.